The summed E-state index contributed by atoms with van der Waals surface area (Å²) in [6.45, 7) is 2.75. The Kier molecular flexibility index (Phi) is 4.80. The van der Waals surface area contributed by atoms with Crippen molar-refractivity contribution >= 4 is 11.6 Å². The number of halogens is 2. The van der Waals surface area contributed by atoms with Crippen molar-refractivity contribution in [2.24, 2.45) is 0 Å². The molecule has 100 valence electrons. The third-order valence-electron chi connectivity index (χ3n) is 2.79. The Balaban J connectivity index is 2.18. The molecule has 0 bridgehead atoms. The van der Waals surface area contributed by atoms with Crippen LogP contribution >= 0.6 is 11.6 Å². The van der Waals surface area contributed by atoms with Crippen LogP contribution in [0.3, 0.4) is 0 Å². The number of rotatable bonds is 5. The van der Waals surface area contributed by atoms with Crippen LogP contribution in [-0.4, -0.2) is 6.61 Å². The Morgan fingerprint density at radius 1 is 1.11 bits per heavy atom. The smallest absolute Gasteiger partial charge is 0.123 e. The first-order valence-corrected chi connectivity index (χ1v) is 6.76. The molecule has 0 radical (unpaired) electrons. The summed E-state index contributed by atoms with van der Waals surface area (Å²) in [6, 6.07) is 13.9. The molecule has 2 rings (SSSR count). The second kappa shape index (κ2) is 6.58. The molecule has 3 heteroatoms. The van der Waals surface area contributed by atoms with Crippen molar-refractivity contribution in [2.75, 3.05) is 6.61 Å². The Morgan fingerprint density at radius 2 is 1.84 bits per heavy atom. The van der Waals surface area contributed by atoms with Gasteiger partial charge < -0.3 is 4.74 Å². The molecule has 0 aliphatic carbocycles. The maximum absolute atomic E-state index is 12.9. The zero-order valence-corrected chi connectivity index (χ0v) is 11.5. The van der Waals surface area contributed by atoms with Crippen molar-refractivity contribution in [1.82, 2.24) is 0 Å². The lowest BCUT2D eigenvalue weighted by Crippen LogP contribution is -1.97. The molecule has 0 heterocycles. The highest BCUT2D eigenvalue weighted by molar-refractivity contribution is 6.22. The van der Waals surface area contributed by atoms with Gasteiger partial charge in [-0.05, 0) is 41.8 Å². The van der Waals surface area contributed by atoms with E-state index in [1.54, 1.807) is 12.1 Å². The molecule has 0 saturated carbocycles. The first-order valence-electron chi connectivity index (χ1n) is 6.33. The minimum absolute atomic E-state index is 0.257. The predicted molar refractivity (Wildman–Crippen MR) is 76.3 cm³/mol. The van der Waals surface area contributed by atoms with E-state index < -0.39 is 0 Å². The van der Waals surface area contributed by atoms with E-state index in [-0.39, 0.29) is 11.2 Å². The van der Waals surface area contributed by atoms with Gasteiger partial charge in [-0.15, -0.1) is 11.6 Å². The van der Waals surface area contributed by atoms with Crippen LogP contribution < -0.4 is 4.74 Å². The quantitative estimate of drug-likeness (QED) is 0.704. The lowest BCUT2D eigenvalue weighted by Gasteiger charge is -2.12. The molecule has 0 aliphatic rings. The molecule has 0 N–H and O–H groups in total. The number of alkyl halides is 1. The van der Waals surface area contributed by atoms with Crippen LogP contribution in [0, 0.1) is 5.82 Å². The molecule has 0 saturated heterocycles. The average Bonchev–Trinajstić information content (AvgIpc) is 2.45. The zero-order valence-electron chi connectivity index (χ0n) is 10.8. The van der Waals surface area contributed by atoms with E-state index >= 15 is 0 Å². The van der Waals surface area contributed by atoms with E-state index in [0.717, 1.165) is 23.3 Å². The van der Waals surface area contributed by atoms with Crippen LogP contribution in [0.5, 0.6) is 5.75 Å². The summed E-state index contributed by atoms with van der Waals surface area (Å²) in [5.41, 5.74) is 1.82. The van der Waals surface area contributed by atoms with E-state index in [1.165, 1.54) is 12.1 Å². The first kappa shape index (κ1) is 13.9. The van der Waals surface area contributed by atoms with Gasteiger partial charge in [0.2, 0.25) is 0 Å². The summed E-state index contributed by atoms with van der Waals surface area (Å²) in [5, 5.41) is -0.300. The zero-order chi connectivity index (χ0) is 13.7. The maximum Gasteiger partial charge on any atom is 0.123 e. The van der Waals surface area contributed by atoms with Gasteiger partial charge in [0.05, 0.1) is 12.0 Å². The Hall–Kier alpha value is -1.54. The summed E-state index contributed by atoms with van der Waals surface area (Å²) in [6.07, 6.45) is 0.965. The van der Waals surface area contributed by atoms with E-state index in [4.69, 9.17) is 16.3 Å². The standard InChI is InChI=1S/C16H16ClFO/c1-2-10-19-15-5-3-4-13(11-15)16(17)12-6-8-14(18)9-7-12/h3-9,11,16H,2,10H2,1H3. The third kappa shape index (κ3) is 3.71. The van der Waals surface area contributed by atoms with Crippen molar-refractivity contribution in [1.29, 1.82) is 0 Å². The van der Waals surface area contributed by atoms with Crippen molar-refractivity contribution in [3.63, 3.8) is 0 Å². The second-order valence-electron chi connectivity index (χ2n) is 4.34. The highest BCUT2D eigenvalue weighted by atomic mass is 35.5. The lowest BCUT2D eigenvalue weighted by molar-refractivity contribution is 0.317. The number of benzene rings is 2. The summed E-state index contributed by atoms with van der Waals surface area (Å²) in [5.74, 6) is 0.555. The fourth-order valence-electron chi connectivity index (χ4n) is 1.81. The van der Waals surface area contributed by atoms with E-state index in [9.17, 15) is 4.39 Å². The van der Waals surface area contributed by atoms with Gasteiger partial charge in [-0.25, -0.2) is 4.39 Å². The van der Waals surface area contributed by atoms with E-state index in [1.807, 2.05) is 24.3 Å². The minimum Gasteiger partial charge on any atom is -0.494 e. The van der Waals surface area contributed by atoms with Crippen LogP contribution in [0.25, 0.3) is 0 Å². The Labute approximate surface area is 118 Å². The predicted octanol–water partition coefficient (Wildman–Crippen LogP) is 4.94. The molecule has 2 aromatic carbocycles. The summed E-state index contributed by atoms with van der Waals surface area (Å²) >= 11 is 6.41. The van der Waals surface area contributed by atoms with Crippen LogP contribution in [-0.2, 0) is 0 Å². The summed E-state index contributed by atoms with van der Waals surface area (Å²) < 4.78 is 18.5. The summed E-state index contributed by atoms with van der Waals surface area (Å²) in [7, 11) is 0. The first-order chi connectivity index (χ1) is 9.20. The molecule has 19 heavy (non-hydrogen) atoms. The van der Waals surface area contributed by atoms with E-state index in [2.05, 4.69) is 6.92 Å². The van der Waals surface area contributed by atoms with Gasteiger partial charge in [-0.3, -0.25) is 0 Å². The van der Waals surface area contributed by atoms with Gasteiger partial charge in [-0.2, -0.15) is 0 Å². The van der Waals surface area contributed by atoms with Crippen LogP contribution in [0.1, 0.15) is 29.8 Å². The molecule has 1 nitrogen and oxygen atoms in total. The monoisotopic (exact) mass is 278 g/mol. The van der Waals surface area contributed by atoms with Crippen LogP contribution in [0.4, 0.5) is 4.39 Å². The molecule has 1 unspecified atom stereocenters. The molecule has 0 aromatic heterocycles. The van der Waals surface area contributed by atoms with Gasteiger partial charge in [0, 0.05) is 0 Å². The number of hydrogen-bond acceptors (Lipinski definition) is 1. The highest BCUT2D eigenvalue weighted by Gasteiger charge is 2.11. The minimum atomic E-state index is -0.300. The van der Waals surface area contributed by atoms with Crippen LogP contribution in [0.15, 0.2) is 48.5 Å². The molecule has 0 aliphatic heterocycles. The van der Waals surface area contributed by atoms with Crippen molar-refractivity contribution in [3.8, 4) is 5.75 Å². The van der Waals surface area contributed by atoms with Crippen molar-refractivity contribution in [3.05, 3.63) is 65.5 Å². The number of hydrogen-bond donors (Lipinski definition) is 0. The summed E-state index contributed by atoms with van der Waals surface area (Å²) in [4.78, 5) is 0. The number of ether oxygens (including phenoxy) is 1. The van der Waals surface area contributed by atoms with Crippen LogP contribution in [0.2, 0.25) is 0 Å². The Morgan fingerprint density at radius 3 is 2.53 bits per heavy atom. The average molecular weight is 279 g/mol. The van der Waals surface area contributed by atoms with E-state index in [0.29, 0.717) is 6.61 Å². The van der Waals surface area contributed by atoms with Gasteiger partial charge >= 0.3 is 0 Å². The molecule has 0 fully saturated rings. The second-order valence-corrected chi connectivity index (χ2v) is 4.77. The molecule has 2 aromatic rings. The van der Waals surface area contributed by atoms with Gasteiger partial charge in [-0.1, -0.05) is 31.2 Å². The lowest BCUT2D eigenvalue weighted by atomic mass is 10.0. The van der Waals surface area contributed by atoms with Crippen molar-refractivity contribution in [2.45, 2.75) is 18.7 Å². The molecular weight excluding hydrogens is 263 g/mol. The molecule has 0 amide bonds. The SMILES string of the molecule is CCCOc1cccc(C(Cl)c2ccc(F)cc2)c1. The molecular formula is C16H16ClFO. The maximum atomic E-state index is 12.9. The van der Waals surface area contributed by atoms with Crippen molar-refractivity contribution < 1.29 is 9.13 Å². The Bertz CT molecular complexity index is 525. The fourth-order valence-corrected chi connectivity index (χ4v) is 2.09. The van der Waals surface area contributed by atoms with Gasteiger partial charge in [0.1, 0.15) is 11.6 Å². The largest absolute Gasteiger partial charge is 0.494 e. The third-order valence-corrected chi connectivity index (χ3v) is 3.29. The fraction of sp³-hybridized carbons (Fsp3) is 0.250. The van der Waals surface area contributed by atoms with Gasteiger partial charge in [0.25, 0.3) is 0 Å². The van der Waals surface area contributed by atoms with Gasteiger partial charge in [0.15, 0.2) is 0 Å². The molecule has 0 spiro atoms. The topological polar surface area (TPSA) is 9.23 Å². The molecule has 1 atom stereocenters. The normalized spacial score (nSPS) is 12.2. The highest BCUT2D eigenvalue weighted by Crippen LogP contribution is 2.30.